The number of thiophene rings is 1. The summed E-state index contributed by atoms with van der Waals surface area (Å²) in [5.74, 6) is -0.450. The fourth-order valence-corrected chi connectivity index (χ4v) is 6.12. The molecule has 2 aromatic carbocycles. The van der Waals surface area contributed by atoms with E-state index >= 15 is 0 Å². The largest absolute Gasteiger partial charge is 0.462 e. The summed E-state index contributed by atoms with van der Waals surface area (Å²) < 4.78 is 34.1. The second-order valence-electron chi connectivity index (χ2n) is 7.42. The molecule has 0 saturated heterocycles. The van der Waals surface area contributed by atoms with Crippen molar-refractivity contribution in [2.24, 2.45) is 0 Å². The van der Waals surface area contributed by atoms with Gasteiger partial charge in [-0.1, -0.05) is 35.3 Å². The van der Waals surface area contributed by atoms with Crippen LogP contribution in [0.2, 0.25) is 10.0 Å². The van der Waals surface area contributed by atoms with Crippen LogP contribution in [0.1, 0.15) is 27.7 Å². The van der Waals surface area contributed by atoms with Gasteiger partial charge < -0.3 is 10.1 Å². The summed E-state index contributed by atoms with van der Waals surface area (Å²) >= 11 is 13.5. The van der Waals surface area contributed by atoms with Gasteiger partial charge in [-0.25, -0.2) is 23.2 Å². The molecule has 8 nitrogen and oxygen atoms in total. The van der Waals surface area contributed by atoms with Gasteiger partial charge in [0.2, 0.25) is 0 Å². The summed E-state index contributed by atoms with van der Waals surface area (Å²) in [6, 6.07) is 11.1. The third-order valence-electron chi connectivity index (χ3n) is 5.08. The summed E-state index contributed by atoms with van der Waals surface area (Å²) in [4.78, 5) is 22.4. The Morgan fingerprint density at radius 2 is 1.71 bits per heavy atom. The molecule has 0 aliphatic rings. The molecule has 2 aromatic heterocycles. The smallest absolute Gasteiger partial charge is 0.341 e. The molecule has 4 rings (SSSR count). The number of nitrogens with one attached hydrogen (secondary N) is 2. The summed E-state index contributed by atoms with van der Waals surface area (Å²) in [7, 11) is -4.19. The van der Waals surface area contributed by atoms with E-state index in [-0.39, 0.29) is 33.2 Å². The number of hydrogen-bond acceptors (Lipinski definition) is 8. The van der Waals surface area contributed by atoms with E-state index in [1.54, 1.807) is 31.2 Å². The summed E-state index contributed by atoms with van der Waals surface area (Å²) in [6.45, 7) is 5.64. The van der Waals surface area contributed by atoms with Crippen LogP contribution in [0.15, 0.2) is 47.4 Å². The maximum absolute atomic E-state index is 13.2. The molecule has 2 heterocycles. The molecule has 4 aromatic rings. The predicted octanol–water partition coefficient (Wildman–Crippen LogP) is 6.34. The first-order valence-corrected chi connectivity index (χ1v) is 13.4. The first kappa shape index (κ1) is 25.2. The van der Waals surface area contributed by atoms with Crippen LogP contribution >= 0.6 is 34.5 Å². The van der Waals surface area contributed by atoms with E-state index in [4.69, 9.17) is 27.9 Å². The lowest BCUT2D eigenvalue weighted by Gasteiger charge is -2.14. The number of benzene rings is 2. The highest BCUT2D eigenvalue weighted by Crippen LogP contribution is 2.37. The Morgan fingerprint density at radius 1 is 1.06 bits per heavy atom. The van der Waals surface area contributed by atoms with Gasteiger partial charge in [0.1, 0.15) is 9.90 Å². The van der Waals surface area contributed by atoms with Crippen LogP contribution < -0.4 is 10.0 Å². The molecule has 12 heteroatoms. The Labute approximate surface area is 216 Å². The molecule has 0 spiro atoms. The highest BCUT2D eigenvalue weighted by atomic mass is 35.5. The molecule has 0 bridgehead atoms. The second-order valence-corrected chi connectivity index (χ2v) is 11.1. The van der Waals surface area contributed by atoms with E-state index in [0.29, 0.717) is 21.6 Å². The van der Waals surface area contributed by atoms with Crippen molar-refractivity contribution in [1.29, 1.82) is 0 Å². The van der Waals surface area contributed by atoms with Crippen LogP contribution in [-0.4, -0.2) is 31.0 Å². The normalized spacial score (nSPS) is 11.5. The van der Waals surface area contributed by atoms with Gasteiger partial charge in [0, 0.05) is 9.90 Å². The van der Waals surface area contributed by atoms with Crippen LogP contribution in [0.25, 0.3) is 11.0 Å². The number of carbonyl (C=O) groups is 1. The Bertz CT molecular complexity index is 1550. The number of esters is 1. The quantitative estimate of drug-likeness (QED) is 0.258. The van der Waals surface area contributed by atoms with Gasteiger partial charge in [-0.15, -0.1) is 11.3 Å². The number of sulfonamides is 1. The molecule has 2 N–H and O–H groups in total. The zero-order valence-corrected chi connectivity index (χ0v) is 22.0. The zero-order chi connectivity index (χ0) is 25.3. The van der Waals surface area contributed by atoms with Crippen LogP contribution in [-0.2, 0) is 14.8 Å². The third-order valence-corrected chi connectivity index (χ3v) is 8.26. The molecule has 35 heavy (non-hydrogen) atoms. The summed E-state index contributed by atoms with van der Waals surface area (Å²) in [6.07, 6.45) is 0. The lowest BCUT2D eigenvalue weighted by Crippen LogP contribution is -2.16. The van der Waals surface area contributed by atoms with Crippen molar-refractivity contribution in [3.63, 3.8) is 0 Å². The molecule has 0 fully saturated rings. The van der Waals surface area contributed by atoms with Crippen molar-refractivity contribution >= 4 is 78.2 Å². The van der Waals surface area contributed by atoms with Crippen molar-refractivity contribution in [3.8, 4) is 0 Å². The number of rotatable bonds is 7. The van der Waals surface area contributed by atoms with Crippen molar-refractivity contribution < 1.29 is 17.9 Å². The molecule has 0 radical (unpaired) electrons. The number of ether oxygens (including phenoxy) is 1. The van der Waals surface area contributed by atoms with Crippen molar-refractivity contribution in [2.75, 3.05) is 16.6 Å². The number of anilines is 3. The Morgan fingerprint density at radius 3 is 2.37 bits per heavy atom. The van der Waals surface area contributed by atoms with Crippen molar-refractivity contribution in [1.82, 2.24) is 9.97 Å². The fraction of sp³-hybridized carbons (Fsp3) is 0.174. The fourth-order valence-electron chi connectivity index (χ4n) is 3.30. The second kappa shape index (κ2) is 9.98. The van der Waals surface area contributed by atoms with Crippen LogP contribution in [0.4, 0.5) is 16.6 Å². The lowest BCUT2D eigenvalue weighted by molar-refractivity contribution is 0.0527. The summed E-state index contributed by atoms with van der Waals surface area (Å²) in [5, 5.41) is 3.76. The number of halogens is 2. The van der Waals surface area contributed by atoms with E-state index in [9.17, 15) is 13.2 Å². The molecule has 0 unspecified atom stereocenters. The van der Waals surface area contributed by atoms with Gasteiger partial charge in [0.15, 0.2) is 11.6 Å². The van der Waals surface area contributed by atoms with Gasteiger partial charge in [-0.3, -0.25) is 4.72 Å². The number of fused-ring (bicyclic) bond motifs is 1. The third kappa shape index (κ3) is 5.20. The number of nitrogens with zero attached hydrogens (tertiary/aromatic N) is 2. The molecule has 0 aliphatic heterocycles. The average Bonchev–Trinajstić information content (AvgIpc) is 3.08. The molecule has 0 saturated carbocycles. The van der Waals surface area contributed by atoms with Crippen molar-refractivity contribution in [2.45, 2.75) is 25.7 Å². The standard InChI is InChI=1S/C23H20Cl2N4O4S2/c1-4-33-23(30)19-12(2)13(3)34-22(19)28-20-21(27-17-8-6-5-7-16(17)26-20)29-35(31,32)18-11-14(24)9-10-15(18)25/h5-11H,4H2,1-3H3,(H,26,28)(H,27,29). The number of carbonyl (C=O) groups excluding carboxylic acids is 1. The molecule has 0 atom stereocenters. The number of para-hydroxylation sites is 2. The van der Waals surface area contributed by atoms with Crippen LogP contribution in [0.5, 0.6) is 0 Å². The Kier molecular flexibility index (Phi) is 7.18. The van der Waals surface area contributed by atoms with E-state index in [1.165, 1.54) is 29.5 Å². The SMILES string of the molecule is CCOC(=O)c1c(Nc2nc3ccccc3nc2NS(=O)(=O)c2cc(Cl)ccc2Cl)sc(C)c1C. The topological polar surface area (TPSA) is 110 Å². The van der Waals surface area contributed by atoms with E-state index in [0.717, 1.165) is 10.4 Å². The molecule has 0 aliphatic carbocycles. The highest BCUT2D eigenvalue weighted by Gasteiger charge is 2.25. The van der Waals surface area contributed by atoms with Crippen LogP contribution in [0.3, 0.4) is 0 Å². The lowest BCUT2D eigenvalue weighted by atomic mass is 10.1. The van der Waals surface area contributed by atoms with Crippen molar-refractivity contribution in [3.05, 3.63) is 68.5 Å². The number of aryl methyl sites for hydroxylation is 1. The zero-order valence-electron chi connectivity index (χ0n) is 18.8. The minimum atomic E-state index is -4.19. The maximum atomic E-state index is 13.2. The maximum Gasteiger partial charge on any atom is 0.341 e. The van der Waals surface area contributed by atoms with Gasteiger partial charge in [0.25, 0.3) is 10.0 Å². The van der Waals surface area contributed by atoms with Gasteiger partial charge >= 0.3 is 5.97 Å². The minimum Gasteiger partial charge on any atom is -0.462 e. The van der Waals surface area contributed by atoms with Gasteiger partial charge in [0.05, 0.1) is 28.2 Å². The van der Waals surface area contributed by atoms with E-state index < -0.39 is 16.0 Å². The highest BCUT2D eigenvalue weighted by molar-refractivity contribution is 7.92. The monoisotopic (exact) mass is 550 g/mol. The summed E-state index contributed by atoms with van der Waals surface area (Å²) in [5.41, 5.74) is 2.12. The Hall–Kier alpha value is -2.92. The molecule has 0 amide bonds. The predicted molar refractivity (Wildman–Crippen MR) is 140 cm³/mol. The molecular weight excluding hydrogens is 531 g/mol. The van der Waals surface area contributed by atoms with E-state index in [1.807, 2.05) is 13.8 Å². The first-order valence-electron chi connectivity index (χ1n) is 10.4. The minimum absolute atomic E-state index is 0.000684. The van der Waals surface area contributed by atoms with E-state index in [2.05, 4.69) is 20.0 Å². The van der Waals surface area contributed by atoms with Crippen LogP contribution in [0, 0.1) is 13.8 Å². The number of aromatic nitrogens is 2. The molecule has 182 valence electrons. The Balaban J connectivity index is 1.83. The average molecular weight is 551 g/mol. The first-order chi connectivity index (χ1) is 16.6. The van der Waals surface area contributed by atoms with Gasteiger partial charge in [-0.2, -0.15) is 0 Å². The molecular formula is C23H20Cl2N4O4S2. The van der Waals surface area contributed by atoms with Gasteiger partial charge in [-0.05, 0) is 56.7 Å². The number of hydrogen-bond donors (Lipinski definition) is 2.